The Kier molecular flexibility index (Phi) is 5.85. The largest absolute Gasteiger partial charge is 0.450 e. The zero-order valence-corrected chi connectivity index (χ0v) is 15.1. The molecule has 1 amide bonds. The van der Waals surface area contributed by atoms with Gasteiger partial charge in [-0.25, -0.2) is 4.79 Å². The van der Waals surface area contributed by atoms with E-state index in [1.54, 1.807) is 19.1 Å². The van der Waals surface area contributed by atoms with Crippen molar-refractivity contribution < 1.29 is 9.53 Å². The molecule has 0 spiro atoms. The van der Waals surface area contributed by atoms with Gasteiger partial charge in [0.05, 0.1) is 6.61 Å². The van der Waals surface area contributed by atoms with Crippen molar-refractivity contribution in [1.82, 2.24) is 15.1 Å². The Balaban J connectivity index is 1.56. The third-order valence-corrected chi connectivity index (χ3v) is 4.18. The van der Waals surface area contributed by atoms with Gasteiger partial charge in [0.2, 0.25) is 0 Å². The Morgan fingerprint density at radius 1 is 1.04 bits per heavy atom. The van der Waals surface area contributed by atoms with Gasteiger partial charge in [-0.05, 0) is 50.4 Å². The number of likely N-dealkylation sites (N-methyl/N-ethyl adjacent to an activating group) is 1. The maximum atomic E-state index is 11.3. The van der Waals surface area contributed by atoms with Gasteiger partial charge < -0.3 is 19.9 Å². The Morgan fingerprint density at radius 2 is 1.69 bits per heavy atom. The number of ether oxygens (including phenoxy) is 1. The van der Waals surface area contributed by atoms with E-state index in [0.717, 1.165) is 31.9 Å². The highest BCUT2D eigenvalue weighted by Gasteiger charge is 2.14. The highest BCUT2D eigenvalue weighted by Crippen LogP contribution is 2.21. The molecule has 0 saturated carbocycles. The molecule has 26 heavy (non-hydrogen) atoms. The molecule has 0 aliphatic carbocycles. The van der Waals surface area contributed by atoms with Gasteiger partial charge >= 0.3 is 6.09 Å². The molecule has 0 unspecified atom stereocenters. The summed E-state index contributed by atoms with van der Waals surface area (Å²) in [6.45, 7) is 6.31. The van der Waals surface area contributed by atoms with Crippen molar-refractivity contribution in [2.45, 2.75) is 6.92 Å². The first-order valence-corrected chi connectivity index (χ1v) is 8.72. The van der Waals surface area contributed by atoms with E-state index in [0.29, 0.717) is 18.2 Å². The van der Waals surface area contributed by atoms with Crippen molar-refractivity contribution in [2.75, 3.05) is 55.4 Å². The number of hydrogen-bond donors (Lipinski definition) is 2. The zero-order chi connectivity index (χ0) is 18.4. The van der Waals surface area contributed by atoms with Crippen LogP contribution in [-0.2, 0) is 4.74 Å². The van der Waals surface area contributed by atoms with Crippen LogP contribution in [0.1, 0.15) is 6.92 Å². The van der Waals surface area contributed by atoms with Gasteiger partial charge in [0, 0.05) is 37.6 Å². The van der Waals surface area contributed by atoms with Crippen LogP contribution in [0.5, 0.6) is 0 Å². The van der Waals surface area contributed by atoms with Gasteiger partial charge in [0.25, 0.3) is 0 Å². The molecule has 0 radical (unpaired) electrons. The van der Waals surface area contributed by atoms with Gasteiger partial charge in [-0.2, -0.15) is 0 Å². The minimum Gasteiger partial charge on any atom is -0.450 e. The molecular formula is C18H24N6O2. The number of rotatable bonds is 5. The number of aromatic nitrogens is 2. The number of benzene rings is 1. The van der Waals surface area contributed by atoms with E-state index in [9.17, 15) is 4.79 Å². The fourth-order valence-corrected chi connectivity index (χ4v) is 2.71. The van der Waals surface area contributed by atoms with Crippen molar-refractivity contribution in [3.8, 4) is 0 Å². The van der Waals surface area contributed by atoms with Crippen molar-refractivity contribution in [2.24, 2.45) is 0 Å². The molecule has 1 aliphatic rings. The SMILES string of the molecule is CCOC(=O)Nc1ccc(Nc2ccc(N3CCN(C)CC3)cc2)nn1. The molecule has 8 heteroatoms. The molecule has 0 bridgehead atoms. The normalized spacial score (nSPS) is 14.8. The predicted molar refractivity (Wildman–Crippen MR) is 102 cm³/mol. The lowest BCUT2D eigenvalue weighted by molar-refractivity contribution is 0.168. The molecule has 1 saturated heterocycles. The first kappa shape index (κ1) is 17.9. The van der Waals surface area contributed by atoms with Crippen LogP contribution in [0.15, 0.2) is 36.4 Å². The Bertz CT molecular complexity index is 711. The minimum absolute atomic E-state index is 0.309. The third-order valence-electron chi connectivity index (χ3n) is 4.18. The van der Waals surface area contributed by atoms with E-state index >= 15 is 0 Å². The number of nitrogens with zero attached hydrogens (tertiary/aromatic N) is 4. The van der Waals surface area contributed by atoms with Gasteiger partial charge in [0.1, 0.15) is 0 Å². The first-order chi connectivity index (χ1) is 12.6. The lowest BCUT2D eigenvalue weighted by Crippen LogP contribution is -2.44. The van der Waals surface area contributed by atoms with Crippen molar-refractivity contribution in [3.63, 3.8) is 0 Å². The number of piperazine rings is 1. The zero-order valence-electron chi connectivity index (χ0n) is 15.1. The summed E-state index contributed by atoms with van der Waals surface area (Å²) in [5.74, 6) is 0.950. The number of carbonyl (C=O) groups is 1. The standard InChI is InChI=1S/C18H24N6O2/c1-3-26-18(25)20-17-9-8-16(21-22-17)19-14-4-6-15(7-5-14)24-12-10-23(2)11-13-24/h4-9H,3,10-13H2,1-2H3,(H,19,21)(H,20,22,25). The van der Waals surface area contributed by atoms with Crippen LogP contribution in [0.2, 0.25) is 0 Å². The van der Waals surface area contributed by atoms with E-state index in [1.165, 1.54) is 5.69 Å². The van der Waals surface area contributed by atoms with Gasteiger partial charge in [-0.1, -0.05) is 0 Å². The van der Waals surface area contributed by atoms with E-state index in [-0.39, 0.29) is 0 Å². The highest BCUT2D eigenvalue weighted by molar-refractivity contribution is 5.83. The highest BCUT2D eigenvalue weighted by atomic mass is 16.5. The Morgan fingerprint density at radius 3 is 2.31 bits per heavy atom. The van der Waals surface area contributed by atoms with Gasteiger partial charge in [-0.3, -0.25) is 5.32 Å². The quantitative estimate of drug-likeness (QED) is 0.852. The predicted octanol–water partition coefficient (Wildman–Crippen LogP) is 2.54. The number of amides is 1. The fourth-order valence-electron chi connectivity index (χ4n) is 2.71. The van der Waals surface area contributed by atoms with Crippen LogP contribution in [0.3, 0.4) is 0 Å². The van der Waals surface area contributed by atoms with Crippen LogP contribution in [0.4, 0.5) is 27.8 Å². The second kappa shape index (κ2) is 8.48. The second-order valence-corrected chi connectivity index (χ2v) is 6.11. The summed E-state index contributed by atoms with van der Waals surface area (Å²) < 4.78 is 4.80. The summed E-state index contributed by atoms with van der Waals surface area (Å²) >= 11 is 0. The van der Waals surface area contributed by atoms with Crippen LogP contribution in [-0.4, -0.2) is 61.0 Å². The molecule has 1 aliphatic heterocycles. The van der Waals surface area contributed by atoms with E-state index < -0.39 is 6.09 Å². The molecule has 2 aromatic rings. The van der Waals surface area contributed by atoms with Crippen LogP contribution < -0.4 is 15.5 Å². The second-order valence-electron chi connectivity index (χ2n) is 6.11. The van der Waals surface area contributed by atoms with Gasteiger partial charge in [0.15, 0.2) is 11.6 Å². The molecule has 8 nitrogen and oxygen atoms in total. The maximum Gasteiger partial charge on any atom is 0.412 e. The maximum absolute atomic E-state index is 11.3. The van der Waals surface area contributed by atoms with E-state index in [4.69, 9.17) is 4.74 Å². The summed E-state index contributed by atoms with van der Waals surface area (Å²) in [5, 5.41) is 13.7. The molecule has 2 heterocycles. The molecule has 2 N–H and O–H groups in total. The molecular weight excluding hydrogens is 332 g/mol. The average molecular weight is 356 g/mol. The summed E-state index contributed by atoms with van der Waals surface area (Å²) in [6, 6.07) is 11.7. The first-order valence-electron chi connectivity index (χ1n) is 8.72. The summed E-state index contributed by atoms with van der Waals surface area (Å²) in [4.78, 5) is 16.1. The third kappa shape index (κ3) is 4.82. The van der Waals surface area contributed by atoms with Gasteiger partial charge in [-0.15, -0.1) is 10.2 Å². The van der Waals surface area contributed by atoms with Crippen molar-refractivity contribution in [1.29, 1.82) is 0 Å². The van der Waals surface area contributed by atoms with Crippen LogP contribution in [0.25, 0.3) is 0 Å². The molecule has 138 valence electrons. The van der Waals surface area contributed by atoms with Crippen LogP contribution in [0, 0.1) is 0 Å². The number of anilines is 4. The smallest absolute Gasteiger partial charge is 0.412 e. The lowest BCUT2D eigenvalue weighted by Gasteiger charge is -2.34. The van der Waals surface area contributed by atoms with E-state index in [1.807, 2.05) is 12.1 Å². The number of carbonyl (C=O) groups excluding carboxylic acids is 1. The molecule has 1 fully saturated rings. The molecule has 1 aromatic carbocycles. The number of nitrogens with one attached hydrogen (secondary N) is 2. The van der Waals surface area contributed by atoms with Crippen LogP contribution >= 0.6 is 0 Å². The molecule has 3 rings (SSSR count). The summed E-state index contributed by atoms with van der Waals surface area (Å²) in [6.07, 6.45) is -0.540. The lowest BCUT2D eigenvalue weighted by atomic mass is 10.2. The topological polar surface area (TPSA) is 82.6 Å². The molecule has 1 aromatic heterocycles. The molecule has 0 atom stereocenters. The Labute approximate surface area is 153 Å². The fraction of sp³-hybridized carbons (Fsp3) is 0.389. The summed E-state index contributed by atoms with van der Waals surface area (Å²) in [7, 11) is 2.15. The van der Waals surface area contributed by atoms with E-state index in [2.05, 4.69) is 49.8 Å². The minimum atomic E-state index is -0.540. The number of hydrogen-bond acceptors (Lipinski definition) is 7. The van der Waals surface area contributed by atoms with Crippen molar-refractivity contribution in [3.05, 3.63) is 36.4 Å². The Hall–Kier alpha value is -2.87. The monoisotopic (exact) mass is 356 g/mol. The summed E-state index contributed by atoms with van der Waals surface area (Å²) in [5.41, 5.74) is 2.16. The average Bonchev–Trinajstić information content (AvgIpc) is 2.65. The van der Waals surface area contributed by atoms with Crippen molar-refractivity contribution >= 4 is 29.1 Å².